The summed E-state index contributed by atoms with van der Waals surface area (Å²) in [5.41, 5.74) is 0. The predicted octanol–water partition coefficient (Wildman–Crippen LogP) is 0.962. The Morgan fingerprint density at radius 1 is 1.06 bits per heavy atom. The molecule has 0 rings (SSSR count). The van der Waals surface area contributed by atoms with E-state index in [4.69, 9.17) is 0 Å². The highest BCUT2D eigenvalue weighted by atomic mass is 19.4. The normalized spacial score (nSPS) is 10.8. The van der Waals surface area contributed by atoms with Gasteiger partial charge in [-0.2, -0.15) is 13.2 Å². The molecule has 0 aliphatic heterocycles. The fourth-order valence-electron chi connectivity index (χ4n) is 0.691. The lowest BCUT2D eigenvalue weighted by Crippen LogP contribution is -2.27. The van der Waals surface area contributed by atoms with Gasteiger partial charge in [0.2, 0.25) is 0 Å². The van der Waals surface area contributed by atoms with E-state index in [1.165, 1.54) is 0 Å². The first kappa shape index (κ1) is 14.4. The molecule has 0 spiro atoms. The maximum absolute atomic E-state index is 11.6. The van der Waals surface area contributed by atoms with Crippen molar-refractivity contribution in [2.24, 2.45) is 0 Å². The maximum atomic E-state index is 11.6. The number of alkyl halides is 3. The molecule has 0 aliphatic carbocycles. The SMILES string of the molecule is COC(=O)CCCC(=O)OC(=O)C(F)(F)F. The summed E-state index contributed by atoms with van der Waals surface area (Å²) in [4.78, 5) is 31.4. The number of halogens is 3. The van der Waals surface area contributed by atoms with Gasteiger partial charge in [0.1, 0.15) is 0 Å². The first-order valence-electron chi connectivity index (χ1n) is 4.16. The molecular formula is C8H9F3O5. The predicted molar refractivity (Wildman–Crippen MR) is 43.0 cm³/mol. The molecule has 0 saturated heterocycles. The van der Waals surface area contributed by atoms with Gasteiger partial charge in [0.15, 0.2) is 0 Å². The third-order valence-electron chi connectivity index (χ3n) is 1.43. The summed E-state index contributed by atoms with van der Waals surface area (Å²) in [6.07, 6.45) is -5.84. The van der Waals surface area contributed by atoms with E-state index in [2.05, 4.69) is 9.47 Å². The maximum Gasteiger partial charge on any atom is 0.491 e. The molecule has 0 saturated carbocycles. The van der Waals surface area contributed by atoms with E-state index in [0.717, 1.165) is 7.11 Å². The lowest BCUT2D eigenvalue weighted by atomic mass is 10.2. The first-order chi connectivity index (χ1) is 7.27. The van der Waals surface area contributed by atoms with E-state index in [1.807, 2.05) is 0 Å². The second-order valence-electron chi connectivity index (χ2n) is 2.69. The minimum absolute atomic E-state index is 0.0450. The van der Waals surface area contributed by atoms with Crippen molar-refractivity contribution in [1.29, 1.82) is 0 Å². The molecule has 0 aromatic rings. The average Bonchev–Trinajstić information content (AvgIpc) is 2.15. The standard InChI is InChI=1S/C8H9F3O5/c1-15-5(12)3-2-4-6(13)16-7(14)8(9,10)11/h2-4H2,1H3. The summed E-state index contributed by atoms with van der Waals surface area (Å²) < 4.78 is 42.5. The summed E-state index contributed by atoms with van der Waals surface area (Å²) in [5.74, 6) is -4.49. The van der Waals surface area contributed by atoms with Crippen LogP contribution in [0.3, 0.4) is 0 Å². The summed E-state index contributed by atoms with van der Waals surface area (Å²) >= 11 is 0. The Kier molecular flexibility index (Phi) is 5.48. The van der Waals surface area contributed by atoms with E-state index in [9.17, 15) is 27.6 Å². The van der Waals surface area contributed by atoms with Gasteiger partial charge in [0, 0.05) is 12.8 Å². The Morgan fingerprint density at radius 3 is 2.00 bits per heavy atom. The smallest absolute Gasteiger partial charge is 0.469 e. The molecule has 0 fully saturated rings. The van der Waals surface area contributed by atoms with Gasteiger partial charge < -0.3 is 9.47 Å². The van der Waals surface area contributed by atoms with Crippen LogP contribution in [-0.4, -0.2) is 31.2 Å². The molecule has 0 heterocycles. The van der Waals surface area contributed by atoms with Gasteiger partial charge in [-0.3, -0.25) is 9.59 Å². The van der Waals surface area contributed by atoms with E-state index >= 15 is 0 Å². The number of ether oxygens (including phenoxy) is 2. The van der Waals surface area contributed by atoms with Crippen molar-refractivity contribution in [1.82, 2.24) is 0 Å². The molecule has 5 nitrogen and oxygen atoms in total. The molecule has 0 bridgehead atoms. The highest BCUT2D eigenvalue weighted by Gasteiger charge is 2.42. The van der Waals surface area contributed by atoms with Crippen LogP contribution in [0, 0.1) is 0 Å². The first-order valence-corrected chi connectivity index (χ1v) is 4.16. The quantitative estimate of drug-likeness (QED) is 0.542. The van der Waals surface area contributed by atoms with Crippen LogP contribution in [0.5, 0.6) is 0 Å². The second kappa shape index (κ2) is 6.09. The van der Waals surface area contributed by atoms with Crippen molar-refractivity contribution >= 4 is 17.9 Å². The molecular weight excluding hydrogens is 233 g/mol. The molecule has 0 amide bonds. The summed E-state index contributed by atoms with van der Waals surface area (Å²) in [5, 5.41) is 0. The van der Waals surface area contributed by atoms with E-state index < -0.39 is 30.5 Å². The Labute approximate surface area is 88.5 Å². The Balaban J connectivity index is 3.84. The minimum atomic E-state index is -5.20. The van der Waals surface area contributed by atoms with E-state index in [0.29, 0.717) is 0 Å². The van der Waals surface area contributed by atoms with Gasteiger partial charge >= 0.3 is 24.1 Å². The van der Waals surface area contributed by atoms with Crippen LogP contribution in [0.2, 0.25) is 0 Å². The van der Waals surface area contributed by atoms with Crippen LogP contribution in [0.15, 0.2) is 0 Å². The molecule has 0 unspecified atom stereocenters. The largest absolute Gasteiger partial charge is 0.491 e. The van der Waals surface area contributed by atoms with E-state index in [-0.39, 0.29) is 12.8 Å². The Bertz CT molecular complexity index is 284. The molecule has 0 aromatic carbocycles. The number of rotatable bonds is 4. The number of hydrogen-bond donors (Lipinski definition) is 0. The van der Waals surface area contributed by atoms with E-state index in [1.54, 1.807) is 0 Å². The highest BCUT2D eigenvalue weighted by molar-refractivity contribution is 5.88. The highest BCUT2D eigenvalue weighted by Crippen LogP contribution is 2.17. The van der Waals surface area contributed by atoms with Crippen LogP contribution in [-0.2, 0) is 23.9 Å². The van der Waals surface area contributed by atoms with Crippen LogP contribution in [0.25, 0.3) is 0 Å². The fourth-order valence-corrected chi connectivity index (χ4v) is 0.691. The lowest BCUT2D eigenvalue weighted by molar-refractivity contribution is -0.201. The number of esters is 3. The Hall–Kier alpha value is -1.60. The topological polar surface area (TPSA) is 69.7 Å². The monoisotopic (exact) mass is 242 g/mol. The molecule has 0 atom stereocenters. The lowest BCUT2D eigenvalue weighted by Gasteiger charge is -2.04. The van der Waals surface area contributed by atoms with Crippen molar-refractivity contribution in [2.75, 3.05) is 7.11 Å². The zero-order valence-corrected chi connectivity index (χ0v) is 8.30. The van der Waals surface area contributed by atoms with Crippen LogP contribution < -0.4 is 0 Å². The number of methoxy groups -OCH3 is 1. The minimum Gasteiger partial charge on any atom is -0.469 e. The molecule has 0 N–H and O–H groups in total. The van der Waals surface area contributed by atoms with Crippen molar-refractivity contribution in [2.45, 2.75) is 25.4 Å². The van der Waals surface area contributed by atoms with Crippen LogP contribution >= 0.6 is 0 Å². The third-order valence-corrected chi connectivity index (χ3v) is 1.43. The number of carbonyl (C=O) groups excluding carboxylic acids is 3. The zero-order chi connectivity index (χ0) is 12.8. The molecule has 16 heavy (non-hydrogen) atoms. The van der Waals surface area contributed by atoms with Gasteiger partial charge in [-0.05, 0) is 6.42 Å². The van der Waals surface area contributed by atoms with Crippen molar-refractivity contribution < 1.29 is 37.0 Å². The molecule has 0 radical (unpaired) electrons. The average molecular weight is 242 g/mol. The van der Waals surface area contributed by atoms with Crippen molar-refractivity contribution in [3.8, 4) is 0 Å². The zero-order valence-electron chi connectivity index (χ0n) is 8.30. The second-order valence-corrected chi connectivity index (χ2v) is 2.69. The van der Waals surface area contributed by atoms with Gasteiger partial charge in [-0.1, -0.05) is 0 Å². The van der Waals surface area contributed by atoms with Gasteiger partial charge in [-0.25, -0.2) is 4.79 Å². The van der Waals surface area contributed by atoms with Crippen LogP contribution in [0.1, 0.15) is 19.3 Å². The fraction of sp³-hybridized carbons (Fsp3) is 0.625. The van der Waals surface area contributed by atoms with Crippen molar-refractivity contribution in [3.05, 3.63) is 0 Å². The van der Waals surface area contributed by atoms with Gasteiger partial charge in [0.05, 0.1) is 7.11 Å². The number of carbonyl (C=O) groups is 3. The molecule has 0 aromatic heterocycles. The number of hydrogen-bond acceptors (Lipinski definition) is 5. The summed E-state index contributed by atoms with van der Waals surface area (Å²) in [6, 6.07) is 0. The third kappa shape index (κ3) is 5.99. The summed E-state index contributed by atoms with van der Waals surface area (Å²) in [6.45, 7) is 0. The van der Waals surface area contributed by atoms with Crippen LogP contribution in [0.4, 0.5) is 13.2 Å². The molecule has 92 valence electrons. The van der Waals surface area contributed by atoms with Gasteiger partial charge in [0.25, 0.3) is 0 Å². The van der Waals surface area contributed by atoms with Crippen molar-refractivity contribution in [3.63, 3.8) is 0 Å². The van der Waals surface area contributed by atoms with Gasteiger partial charge in [-0.15, -0.1) is 0 Å². The Morgan fingerprint density at radius 2 is 1.56 bits per heavy atom. The molecule has 0 aliphatic rings. The molecule has 8 heteroatoms. The summed E-state index contributed by atoms with van der Waals surface area (Å²) in [7, 11) is 1.13.